The van der Waals surface area contributed by atoms with Gasteiger partial charge in [0.15, 0.2) is 22.5 Å². The number of aryl methyl sites for hydroxylation is 1. The van der Waals surface area contributed by atoms with Crippen LogP contribution in [-0.2, 0) is 46.4 Å². The molecule has 3 aromatic heterocycles. The van der Waals surface area contributed by atoms with Crippen LogP contribution in [0, 0.1) is 23.6 Å². The lowest BCUT2D eigenvalue weighted by Gasteiger charge is -2.39. The van der Waals surface area contributed by atoms with Gasteiger partial charge < -0.3 is 50.2 Å². The summed E-state index contributed by atoms with van der Waals surface area (Å²) in [7, 11) is 0. The summed E-state index contributed by atoms with van der Waals surface area (Å²) in [5.74, 6) is -0.482. The Morgan fingerprint density at radius 2 is 1.59 bits per heavy atom. The van der Waals surface area contributed by atoms with E-state index in [1.165, 1.54) is 22.3 Å². The number of aromatic nitrogens is 3. The maximum atomic E-state index is 14.7. The lowest BCUT2D eigenvalue weighted by atomic mass is 9.67. The van der Waals surface area contributed by atoms with Gasteiger partial charge in [-0.05, 0) is 73.4 Å². The highest BCUT2D eigenvalue weighted by atomic mass is 35.5. The Bertz CT molecular complexity index is 2720. The van der Waals surface area contributed by atoms with Gasteiger partial charge in [0, 0.05) is 74.7 Å². The molecule has 1 saturated carbocycles. The predicted molar refractivity (Wildman–Crippen MR) is 304 cm³/mol. The second-order valence-corrected chi connectivity index (χ2v) is 23.2. The van der Waals surface area contributed by atoms with Crippen LogP contribution in [0.1, 0.15) is 76.2 Å². The average molecular weight is 1150 g/mol. The number of rotatable bonds is 32. The molecule has 2 aliphatic rings. The Kier molecular flexibility index (Phi) is 23.6. The first-order valence-electron chi connectivity index (χ1n) is 27.0. The number of thiazole rings is 2. The van der Waals surface area contributed by atoms with Gasteiger partial charge in [-0.15, -0.1) is 22.7 Å². The maximum Gasteiger partial charge on any atom is 0.243 e. The number of pyridine rings is 1. The molecule has 7 rings (SSSR count). The lowest BCUT2D eigenvalue weighted by molar-refractivity contribution is -0.142. The summed E-state index contributed by atoms with van der Waals surface area (Å²) < 4.78 is 37.8. The molecule has 0 unspecified atom stereocenters. The van der Waals surface area contributed by atoms with Crippen LogP contribution in [0.4, 0.5) is 15.3 Å². The molecule has 428 valence electrons. The van der Waals surface area contributed by atoms with E-state index in [0.29, 0.717) is 97.2 Å². The number of nitrogens with one attached hydrogen (secondary N) is 5. The Labute approximate surface area is 475 Å². The van der Waals surface area contributed by atoms with Gasteiger partial charge in [0.05, 0.1) is 92.1 Å². The number of Topliss-reactive ketones (excluding diaryl/α,β-unsaturated/α-hetero) is 2. The minimum absolute atomic E-state index is 0.00274. The first-order valence-corrected chi connectivity index (χ1v) is 29.1. The van der Waals surface area contributed by atoms with Crippen LogP contribution in [0.5, 0.6) is 5.75 Å². The number of hydrogen-bond donors (Lipinski definition) is 6. The molecule has 4 heterocycles. The third kappa shape index (κ3) is 18.6. The molecule has 22 heteroatoms. The van der Waals surface area contributed by atoms with Crippen LogP contribution in [0.3, 0.4) is 0 Å². The molecule has 3 atom stereocenters. The summed E-state index contributed by atoms with van der Waals surface area (Å²) in [6.07, 6.45) is 3.69. The van der Waals surface area contributed by atoms with Gasteiger partial charge in [-0.1, -0.05) is 68.8 Å². The van der Waals surface area contributed by atoms with Gasteiger partial charge in [0.25, 0.3) is 0 Å². The fraction of sp³-hybridized carbons (Fsp3) is 0.526. The molecule has 0 bridgehead atoms. The van der Waals surface area contributed by atoms with Crippen LogP contribution >= 0.6 is 34.3 Å². The highest BCUT2D eigenvalue weighted by Gasteiger charge is 2.45. The summed E-state index contributed by atoms with van der Waals surface area (Å²) in [5.41, 5.74) is 4.26. The van der Waals surface area contributed by atoms with Crippen molar-refractivity contribution in [2.24, 2.45) is 10.8 Å². The van der Waals surface area contributed by atoms with E-state index >= 15 is 0 Å². The van der Waals surface area contributed by atoms with E-state index in [9.17, 15) is 28.7 Å². The van der Waals surface area contributed by atoms with Crippen LogP contribution in [0.25, 0.3) is 10.4 Å². The summed E-state index contributed by atoms with van der Waals surface area (Å²) in [4.78, 5) is 70.4. The monoisotopic (exact) mass is 1150 g/mol. The van der Waals surface area contributed by atoms with Crippen LogP contribution in [0.2, 0.25) is 5.02 Å². The summed E-state index contributed by atoms with van der Waals surface area (Å²) in [5, 5.41) is 29.0. The maximum absolute atomic E-state index is 14.7. The molecular weight excluding hydrogens is 1070 g/mol. The zero-order chi connectivity index (χ0) is 56.2. The Balaban J connectivity index is 0.723. The molecule has 79 heavy (non-hydrogen) atoms. The van der Waals surface area contributed by atoms with Crippen molar-refractivity contribution < 1.29 is 47.6 Å². The highest BCUT2D eigenvalue weighted by molar-refractivity contribution is 7.13. The van der Waals surface area contributed by atoms with Crippen LogP contribution in [0.15, 0.2) is 77.8 Å². The number of carbonyl (C=O) groups is 4. The fourth-order valence-electron chi connectivity index (χ4n) is 9.73. The number of carbonyl (C=O) groups excluding carboxylic acids is 4. The van der Waals surface area contributed by atoms with E-state index in [4.69, 9.17) is 35.5 Å². The molecule has 1 aliphatic carbocycles. The van der Waals surface area contributed by atoms with Gasteiger partial charge in [0.2, 0.25) is 11.8 Å². The standard InChI is InChI=1S/C57H75ClFN9O9S2/c1-38-51(79-37-65-38)40-13-11-39(12-14-40)33-64-53(72)46-31-43(70)36-68(46)54(73)52(56(2,3)4)63-34-42(69)17-20-60-21-24-74-26-28-76-29-27-75-25-22-61-35-48(71)57(32-41-7-5-10-49(66-41)67-55-62-23-30-78-55)18-15-44(16-19-57)77-47-9-6-8-45(58)50(47)59/h5-14,23,30,37,43-44,46,52,60-61,63,70H,15-22,24-29,31-36H2,1-4H3,(H,64,72)(H,62,66,67)/t43-,44-,46+,52-,57-/m1/s1. The SMILES string of the molecule is Cc1ncsc1-c1ccc(CNC(=O)[C@@H]2C[C@@H](O)CN2C(=O)[C@@H](NCC(=O)CCNCCOCCOCCOCCNCC(=O)[C@]2(Cc3cccc(Nc4nccs4)n3)CC[C@@H](Oc3cccc(Cl)c3F)CC2)C(C)(C)C)cc1. The molecule has 0 radical (unpaired) electrons. The van der Waals surface area contributed by atoms with Crippen molar-refractivity contribution in [2.75, 3.05) is 84.2 Å². The second-order valence-electron chi connectivity index (χ2n) is 21.0. The quantitative estimate of drug-likeness (QED) is 0.0236. The predicted octanol–water partition coefficient (Wildman–Crippen LogP) is 7.10. The highest BCUT2D eigenvalue weighted by Crippen LogP contribution is 2.42. The Hall–Kier alpha value is -5.33. The zero-order valence-corrected chi connectivity index (χ0v) is 47.9. The molecule has 0 spiro atoms. The van der Waals surface area contributed by atoms with E-state index in [2.05, 4.69) is 36.6 Å². The number of nitrogens with zero attached hydrogens (tertiary/aromatic N) is 4. The summed E-state index contributed by atoms with van der Waals surface area (Å²) >= 11 is 9.05. The number of amides is 2. The number of ether oxygens (including phenoxy) is 4. The second kappa shape index (κ2) is 30.5. The van der Waals surface area contributed by atoms with Crippen LogP contribution in [-0.4, -0.2) is 152 Å². The van der Waals surface area contributed by atoms with E-state index in [1.54, 1.807) is 29.7 Å². The Morgan fingerprint density at radius 3 is 2.28 bits per heavy atom. The van der Waals surface area contributed by atoms with Crippen molar-refractivity contribution in [1.29, 1.82) is 0 Å². The number of halogens is 2. The number of benzene rings is 2. The molecule has 1 saturated heterocycles. The number of aliphatic hydroxyl groups excluding tert-OH is 1. The van der Waals surface area contributed by atoms with E-state index in [0.717, 1.165) is 32.5 Å². The van der Waals surface area contributed by atoms with Crippen molar-refractivity contribution >= 4 is 68.6 Å². The number of aliphatic hydroxyl groups is 1. The number of hydrogen-bond acceptors (Lipinski definition) is 18. The van der Waals surface area contributed by atoms with Gasteiger partial charge in [-0.2, -0.15) is 0 Å². The van der Waals surface area contributed by atoms with Crippen molar-refractivity contribution in [1.82, 2.24) is 41.1 Å². The number of anilines is 2. The zero-order valence-electron chi connectivity index (χ0n) is 45.5. The van der Waals surface area contributed by atoms with E-state index < -0.39 is 34.8 Å². The first-order chi connectivity index (χ1) is 38.1. The molecular formula is C57H75ClFN9O9S2. The molecule has 18 nitrogen and oxygen atoms in total. The molecule has 5 aromatic rings. The topological polar surface area (TPSA) is 227 Å². The van der Waals surface area contributed by atoms with Crippen LogP contribution < -0.4 is 31.3 Å². The van der Waals surface area contributed by atoms with E-state index in [-0.39, 0.29) is 79.3 Å². The Morgan fingerprint density at radius 1 is 0.886 bits per heavy atom. The largest absolute Gasteiger partial charge is 0.487 e. The first kappa shape index (κ1) is 61.3. The van der Waals surface area contributed by atoms with Gasteiger partial charge in [0.1, 0.15) is 17.6 Å². The van der Waals surface area contributed by atoms with Crippen molar-refractivity contribution in [3.05, 3.63) is 106 Å². The number of ketones is 2. The minimum Gasteiger partial charge on any atom is -0.487 e. The molecule has 2 fully saturated rings. The molecule has 1 aliphatic heterocycles. The number of β-amino-alcohol motifs (C(OH)–C–C–N with tert-alkyl or cyclic N) is 1. The van der Waals surface area contributed by atoms with Crippen molar-refractivity contribution in [2.45, 2.75) is 103 Å². The molecule has 2 aromatic carbocycles. The third-order valence-corrected chi connectivity index (χ3v) is 16.0. The third-order valence-electron chi connectivity index (χ3n) is 14.1. The fourth-order valence-corrected chi connectivity index (χ4v) is 11.2. The van der Waals surface area contributed by atoms with E-state index in [1.807, 2.05) is 81.1 Å². The van der Waals surface area contributed by atoms with Crippen molar-refractivity contribution in [3.8, 4) is 16.2 Å². The minimum atomic E-state index is -0.839. The van der Waals surface area contributed by atoms with Gasteiger partial charge in [-0.3, -0.25) is 24.5 Å². The average Bonchev–Trinajstić information content (AvgIpc) is 4.30. The smallest absolute Gasteiger partial charge is 0.243 e. The van der Waals surface area contributed by atoms with Crippen molar-refractivity contribution in [3.63, 3.8) is 0 Å². The summed E-state index contributed by atoms with van der Waals surface area (Å²) in [6, 6.07) is 16.7. The summed E-state index contributed by atoms with van der Waals surface area (Å²) in [6.45, 7) is 11.9. The normalized spacial score (nSPS) is 18.8. The van der Waals surface area contributed by atoms with Gasteiger partial charge >= 0.3 is 0 Å². The lowest BCUT2D eigenvalue weighted by Crippen LogP contribution is -2.57. The van der Waals surface area contributed by atoms with Gasteiger partial charge in [-0.25, -0.2) is 19.3 Å². The molecule has 2 amide bonds. The molecule has 6 N–H and O–H groups in total. The number of likely N-dealkylation sites (tertiary alicyclic amines) is 1.